The van der Waals surface area contributed by atoms with E-state index in [1.54, 1.807) is 0 Å². The van der Waals surface area contributed by atoms with Crippen molar-refractivity contribution in [2.24, 2.45) is 0 Å². The van der Waals surface area contributed by atoms with Crippen molar-refractivity contribution < 1.29 is 18.7 Å². The summed E-state index contributed by atoms with van der Waals surface area (Å²) < 4.78 is 18.3. The van der Waals surface area contributed by atoms with E-state index in [0.29, 0.717) is 17.0 Å². The topological polar surface area (TPSA) is 67.4 Å². The number of rotatable bonds is 4. The van der Waals surface area contributed by atoms with Crippen molar-refractivity contribution in [1.29, 1.82) is 0 Å². The molecule has 138 valence electrons. The Kier molecular flexibility index (Phi) is 5.88. The number of halogens is 1. The Bertz CT molecular complexity index is 775. The van der Waals surface area contributed by atoms with Crippen LogP contribution in [0.5, 0.6) is 0 Å². The van der Waals surface area contributed by atoms with Gasteiger partial charge in [-0.3, -0.25) is 10.1 Å². The molecule has 0 saturated heterocycles. The number of anilines is 1. The number of carbonyl (C=O) groups is 2. The highest BCUT2D eigenvalue weighted by molar-refractivity contribution is 7.12. The largest absolute Gasteiger partial charge is 0.446 e. The van der Waals surface area contributed by atoms with Gasteiger partial charge in [0, 0.05) is 18.2 Å². The SMILES string of the molecule is Cc1csc(C(=O)N[C@@H]2CCC[C@H](OC(=O)Nc3ccc(F)cc3)C2)c1. The molecule has 0 unspecified atom stereocenters. The number of hydrogen-bond acceptors (Lipinski definition) is 4. The second-order valence-electron chi connectivity index (χ2n) is 6.48. The summed E-state index contributed by atoms with van der Waals surface area (Å²) in [6.07, 6.45) is 2.29. The Balaban J connectivity index is 1.49. The van der Waals surface area contributed by atoms with Crippen LogP contribution in [0.1, 0.15) is 40.9 Å². The van der Waals surface area contributed by atoms with E-state index < -0.39 is 6.09 Å². The molecule has 0 bridgehead atoms. The molecule has 2 amide bonds. The molecule has 5 nitrogen and oxygen atoms in total. The molecule has 1 aliphatic rings. The highest BCUT2D eigenvalue weighted by Gasteiger charge is 2.26. The maximum atomic E-state index is 12.9. The first kappa shape index (κ1) is 18.4. The standard InChI is InChI=1S/C19H21FN2O3S/c1-12-9-17(26-11-12)18(23)21-15-3-2-4-16(10-15)25-19(24)22-14-7-5-13(20)6-8-14/h5-9,11,15-16H,2-4,10H2,1H3,(H,21,23)(H,22,24)/t15-,16+/m1/s1. The number of nitrogens with one attached hydrogen (secondary N) is 2. The molecule has 0 aliphatic heterocycles. The monoisotopic (exact) mass is 376 g/mol. The lowest BCUT2D eigenvalue weighted by atomic mass is 9.93. The minimum absolute atomic E-state index is 0.0118. The number of thiophene rings is 1. The van der Waals surface area contributed by atoms with Crippen molar-refractivity contribution >= 4 is 29.0 Å². The summed E-state index contributed by atoms with van der Waals surface area (Å²) in [7, 11) is 0. The van der Waals surface area contributed by atoms with Crippen LogP contribution >= 0.6 is 11.3 Å². The zero-order valence-corrected chi connectivity index (χ0v) is 15.3. The van der Waals surface area contributed by atoms with Crippen molar-refractivity contribution in [1.82, 2.24) is 5.32 Å². The lowest BCUT2D eigenvalue weighted by molar-refractivity contribution is 0.0714. The van der Waals surface area contributed by atoms with Crippen LogP contribution in [0.4, 0.5) is 14.9 Å². The molecule has 1 fully saturated rings. The molecule has 1 aliphatic carbocycles. The first-order valence-corrected chi connectivity index (χ1v) is 9.47. The van der Waals surface area contributed by atoms with Crippen LogP contribution in [-0.2, 0) is 4.74 Å². The number of ether oxygens (including phenoxy) is 1. The molecule has 1 heterocycles. The fraction of sp³-hybridized carbons (Fsp3) is 0.368. The number of aryl methyl sites for hydroxylation is 1. The third-order valence-electron chi connectivity index (χ3n) is 4.28. The highest BCUT2D eigenvalue weighted by Crippen LogP contribution is 2.23. The molecule has 7 heteroatoms. The Labute approximate surface area is 155 Å². The smallest absolute Gasteiger partial charge is 0.411 e. The van der Waals surface area contributed by atoms with Crippen molar-refractivity contribution in [3.8, 4) is 0 Å². The fourth-order valence-electron chi connectivity index (χ4n) is 3.02. The van der Waals surface area contributed by atoms with Gasteiger partial charge in [-0.15, -0.1) is 11.3 Å². The van der Waals surface area contributed by atoms with Crippen LogP contribution in [-0.4, -0.2) is 24.1 Å². The van der Waals surface area contributed by atoms with Crippen molar-refractivity contribution in [3.05, 3.63) is 52.0 Å². The first-order chi connectivity index (χ1) is 12.5. The predicted octanol–water partition coefficient (Wildman–Crippen LogP) is 4.49. The minimum atomic E-state index is -0.567. The third-order valence-corrected chi connectivity index (χ3v) is 5.33. The summed E-state index contributed by atoms with van der Waals surface area (Å²) in [6, 6.07) is 7.35. The molecule has 2 N–H and O–H groups in total. The lowest BCUT2D eigenvalue weighted by Gasteiger charge is -2.29. The molecule has 0 radical (unpaired) electrons. The number of amides is 2. The van der Waals surface area contributed by atoms with Crippen LogP contribution in [0.2, 0.25) is 0 Å². The van der Waals surface area contributed by atoms with E-state index in [-0.39, 0.29) is 23.9 Å². The average Bonchev–Trinajstić information content (AvgIpc) is 3.04. The van der Waals surface area contributed by atoms with Crippen molar-refractivity contribution in [3.63, 3.8) is 0 Å². The van der Waals surface area contributed by atoms with E-state index in [2.05, 4.69) is 10.6 Å². The van der Waals surface area contributed by atoms with Crippen LogP contribution in [0.3, 0.4) is 0 Å². The quantitative estimate of drug-likeness (QED) is 0.826. The summed E-state index contributed by atoms with van der Waals surface area (Å²) in [6.45, 7) is 1.96. The third kappa shape index (κ3) is 5.05. The van der Waals surface area contributed by atoms with Gasteiger partial charge < -0.3 is 10.1 Å². The van der Waals surface area contributed by atoms with E-state index >= 15 is 0 Å². The predicted molar refractivity (Wildman–Crippen MR) is 99.1 cm³/mol. The first-order valence-electron chi connectivity index (χ1n) is 8.59. The normalized spacial score (nSPS) is 19.6. The van der Waals surface area contributed by atoms with Crippen LogP contribution < -0.4 is 10.6 Å². The molecule has 26 heavy (non-hydrogen) atoms. The van der Waals surface area contributed by atoms with Gasteiger partial charge in [-0.2, -0.15) is 0 Å². The average molecular weight is 376 g/mol. The molecule has 2 atom stereocenters. The Morgan fingerprint density at radius 1 is 1.23 bits per heavy atom. The van der Waals surface area contributed by atoms with E-state index in [1.807, 2.05) is 18.4 Å². The van der Waals surface area contributed by atoms with Gasteiger partial charge in [0.2, 0.25) is 0 Å². The molecule has 1 aromatic heterocycles. The maximum absolute atomic E-state index is 12.9. The van der Waals surface area contributed by atoms with Gasteiger partial charge in [0.15, 0.2) is 0 Å². The molecule has 3 rings (SSSR count). The zero-order chi connectivity index (χ0) is 18.5. The van der Waals surface area contributed by atoms with Gasteiger partial charge in [-0.25, -0.2) is 9.18 Å². The molecule has 2 aromatic rings. The van der Waals surface area contributed by atoms with Gasteiger partial charge in [0.05, 0.1) is 4.88 Å². The number of carbonyl (C=O) groups excluding carboxylic acids is 2. The Morgan fingerprint density at radius 3 is 2.69 bits per heavy atom. The summed E-state index contributed by atoms with van der Waals surface area (Å²) >= 11 is 1.43. The molecule has 0 spiro atoms. The summed E-state index contributed by atoms with van der Waals surface area (Å²) in [5.41, 5.74) is 1.55. The van der Waals surface area contributed by atoms with Gasteiger partial charge >= 0.3 is 6.09 Å². The summed E-state index contributed by atoms with van der Waals surface area (Å²) in [5, 5.41) is 7.56. The van der Waals surface area contributed by atoms with Gasteiger partial charge in [-0.05, 0) is 67.5 Å². The summed E-state index contributed by atoms with van der Waals surface area (Å²) in [4.78, 5) is 25.0. The van der Waals surface area contributed by atoms with E-state index in [4.69, 9.17) is 4.74 Å². The Morgan fingerprint density at radius 2 is 2.00 bits per heavy atom. The second kappa shape index (κ2) is 8.31. The molecule has 1 saturated carbocycles. The van der Waals surface area contributed by atoms with Gasteiger partial charge in [0.1, 0.15) is 11.9 Å². The maximum Gasteiger partial charge on any atom is 0.411 e. The minimum Gasteiger partial charge on any atom is -0.446 e. The second-order valence-corrected chi connectivity index (χ2v) is 7.40. The molecular formula is C19H21FN2O3S. The van der Waals surface area contributed by atoms with Crippen molar-refractivity contribution in [2.45, 2.75) is 44.8 Å². The van der Waals surface area contributed by atoms with Crippen molar-refractivity contribution in [2.75, 3.05) is 5.32 Å². The van der Waals surface area contributed by atoms with Gasteiger partial charge in [0.25, 0.3) is 5.91 Å². The summed E-state index contributed by atoms with van der Waals surface area (Å²) in [5.74, 6) is -0.444. The fourth-order valence-corrected chi connectivity index (χ4v) is 3.82. The number of hydrogen-bond donors (Lipinski definition) is 2. The van der Waals surface area contributed by atoms with Crippen LogP contribution in [0, 0.1) is 12.7 Å². The molecule has 1 aromatic carbocycles. The van der Waals surface area contributed by atoms with Gasteiger partial charge in [-0.1, -0.05) is 0 Å². The van der Waals surface area contributed by atoms with E-state index in [0.717, 1.165) is 24.8 Å². The van der Waals surface area contributed by atoms with E-state index in [9.17, 15) is 14.0 Å². The number of benzene rings is 1. The zero-order valence-electron chi connectivity index (χ0n) is 14.5. The van der Waals surface area contributed by atoms with E-state index in [1.165, 1.54) is 35.6 Å². The highest BCUT2D eigenvalue weighted by atomic mass is 32.1. The van der Waals surface area contributed by atoms with Crippen LogP contribution in [0.25, 0.3) is 0 Å². The van der Waals surface area contributed by atoms with Crippen LogP contribution in [0.15, 0.2) is 35.7 Å². The Hall–Kier alpha value is -2.41. The lowest BCUT2D eigenvalue weighted by Crippen LogP contribution is -2.41. The molecular weight excluding hydrogens is 355 g/mol.